The van der Waals surface area contributed by atoms with Crippen molar-refractivity contribution in [2.45, 2.75) is 6.92 Å². The van der Waals surface area contributed by atoms with Gasteiger partial charge in [0, 0.05) is 0 Å². The third kappa shape index (κ3) is 1.48. The summed E-state index contributed by atoms with van der Waals surface area (Å²) in [6, 6.07) is 2.75. The minimum atomic E-state index is -0.803. The maximum absolute atomic E-state index is 12.9. The van der Waals surface area contributed by atoms with Crippen molar-refractivity contribution in [3.05, 3.63) is 28.0 Å². The Kier molecular flexibility index (Phi) is 2.47. The smallest absolute Gasteiger partial charge is 0.179 e. The molecule has 1 aromatic carbocycles. The van der Waals surface area contributed by atoms with E-state index in [-0.39, 0.29) is 15.8 Å². The van der Waals surface area contributed by atoms with E-state index in [4.69, 9.17) is 5.11 Å². The summed E-state index contributed by atoms with van der Waals surface area (Å²) >= 11 is 2.88. The minimum Gasteiger partial charge on any atom is -0.504 e. The number of phenols is 1. The predicted octanol–water partition coefficient (Wildman–Crippen LogP) is 2.50. The number of halogens is 2. The Labute approximate surface area is 77.2 Å². The average Bonchev–Trinajstić information content (AvgIpc) is 2.00. The fourth-order valence-corrected chi connectivity index (χ4v) is 1.14. The highest BCUT2D eigenvalue weighted by atomic mass is 79.9. The molecule has 12 heavy (non-hydrogen) atoms. The zero-order chi connectivity index (χ0) is 9.30. The van der Waals surface area contributed by atoms with Gasteiger partial charge in [0.2, 0.25) is 0 Å². The highest BCUT2D eigenvalue weighted by Crippen LogP contribution is 2.27. The van der Waals surface area contributed by atoms with E-state index >= 15 is 0 Å². The first-order valence-electron chi connectivity index (χ1n) is 3.22. The summed E-state index contributed by atoms with van der Waals surface area (Å²) in [5.74, 6) is -1.77. The molecule has 0 aliphatic carbocycles. The quantitative estimate of drug-likeness (QED) is 0.756. The van der Waals surface area contributed by atoms with Gasteiger partial charge in [-0.3, -0.25) is 4.79 Å². The lowest BCUT2D eigenvalue weighted by Gasteiger charge is -2.02. The van der Waals surface area contributed by atoms with E-state index in [2.05, 4.69) is 15.9 Å². The Morgan fingerprint density at radius 3 is 2.67 bits per heavy atom. The van der Waals surface area contributed by atoms with Crippen LogP contribution in [0.15, 0.2) is 16.6 Å². The van der Waals surface area contributed by atoms with Crippen LogP contribution in [-0.4, -0.2) is 10.9 Å². The van der Waals surface area contributed by atoms with E-state index in [9.17, 15) is 9.18 Å². The molecule has 0 bridgehead atoms. The van der Waals surface area contributed by atoms with Crippen LogP contribution in [0.1, 0.15) is 17.3 Å². The van der Waals surface area contributed by atoms with Crippen molar-refractivity contribution >= 4 is 21.7 Å². The van der Waals surface area contributed by atoms with Gasteiger partial charge in [0.25, 0.3) is 0 Å². The topological polar surface area (TPSA) is 37.3 Å². The molecule has 0 fully saturated rings. The van der Waals surface area contributed by atoms with E-state index in [0.29, 0.717) is 0 Å². The fraction of sp³-hybridized carbons (Fsp3) is 0.125. The Bertz CT molecular complexity index is 336. The van der Waals surface area contributed by atoms with Gasteiger partial charge in [-0.25, -0.2) is 4.39 Å². The maximum Gasteiger partial charge on any atom is 0.179 e. The molecule has 0 unspecified atom stereocenters. The molecular formula is C8H6BrFO2. The number of phenolic OH excluding ortho intramolecular Hbond substituents is 1. The van der Waals surface area contributed by atoms with Crippen LogP contribution in [0.2, 0.25) is 0 Å². The second-order valence-electron chi connectivity index (χ2n) is 2.31. The van der Waals surface area contributed by atoms with E-state index in [1.165, 1.54) is 19.1 Å². The maximum atomic E-state index is 12.9. The molecule has 0 aliphatic rings. The van der Waals surface area contributed by atoms with Crippen molar-refractivity contribution in [2.24, 2.45) is 0 Å². The number of rotatable bonds is 1. The number of hydrogen-bond acceptors (Lipinski definition) is 2. The van der Waals surface area contributed by atoms with Crippen molar-refractivity contribution in [3.63, 3.8) is 0 Å². The number of benzene rings is 1. The molecule has 1 aromatic rings. The average molecular weight is 233 g/mol. The summed E-state index contributed by atoms with van der Waals surface area (Å²) in [4.78, 5) is 10.8. The van der Waals surface area contributed by atoms with Crippen molar-refractivity contribution in [2.75, 3.05) is 0 Å². The van der Waals surface area contributed by atoms with Crippen LogP contribution < -0.4 is 0 Å². The third-order valence-corrected chi connectivity index (χ3v) is 2.06. The van der Waals surface area contributed by atoms with Gasteiger partial charge in [-0.15, -0.1) is 0 Å². The van der Waals surface area contributed by atoms with E-state index in [1.54, 1.807) is 0 Å². The van der Waals surface area contributed by atoms with Crippen LogP contribution in [0, 0.1) is 5.82 Å². The van der Waals surface area contributed by atoms with Crippen LogP contribution in [0.4, 0.5) is 4.39 Å². The first-order chi connectivity index (χ1) is 5.54. The van der Waals surface area contributed by atoms with E-state index in [0.717, 1.165) is 0 Å². The lowest BCUT2D eigenvalue weighted by molar-refractivity contribution is 0.101. The zero-order valence-electron chi connectivity index (χ0n) is 6.27. The highest BCUT2D eigenvalue weighted by Gasteiger charge is 2.13. The Hall–Kier alpha value is -0.900. The second-order valence-corrected chi connectivity index (χ2v) is 3.17. The van der Waals surface area contributed by atoms with Crippen LogP contribution >= 0.6 is 15.9 Å². The minimum absolute atomic E-state index is 0.00398. The van der Waals surface area contributed by atoms with Gasteiger partial charge in [0.15, 0.2) is 17.3 Å². The lowest BCUT2D eigenvalue weighted by Crippen LogP contribution is -1.94. The van der Waals surface area contributed by atoms with Gasteiger partial charge >= 0.3 is 0 Å². The van der Waals surface area contributed by atoms with E-state index < -0.39 is 11.6 Å². The first-order valence-corrected chi connectivity index (χ1v) is 4.01. The number of Topliss-reactive ketones (excluding diaryl/α,β-unsaturated/α-hetero) is 1. The Morgan fingerprint density at radius 2 is 2.17 bits per heavy atom. The molecule has 64 valence electrons. The Morgan fingerprint density at radius 1 is 1.58 bits per heavy atom. The molecule has 0 amide bonds. The SMILES string of the molecule is CC(=O)c1ccc(Br)c(F)c1O. The standard InChI is InChI=1S/C8H6BrFO2/c1-4(11)5-2-3-6(9)7(10)8(5)12/h2-3,12H,1H3. The van der Waals surface area contributed by atoms with Gasteiger partial charge in [-0.2, -0.15) is 0 Å². The number of ketones is 1. The van der Waals surface area contributed by atoms with Crippen molar-refractivity contribution in [1.82, 2.24) is 0 Å². The summed E-state index contributed by atoms with van der Waals surface area (Å²) < 4.78 is 13.0. The Balaban J connectivity index is 3.36. The van der Waals surface area contributed by atoms with Crippen molar-refractivity contribution in [1.29, 1.82) is 0 Å². The first kappa shape index (κ1) is 9.19. The van der Waals surface area contributed by atoms with Crippen LogP contribution in [0.5, 0.6) is 5.75 Å². The van der Waals surface area contributed by atoms with Gasteiger partial charge in [0.1, 0.15) is 0 Å². The van der Waals surface area contributed by atoms with Crippen molar-refractivity contribution in [3.8, 4) is 5.75 Å². The molecule has 0 radical (unpaired) electrons. The van der Waals surface area contributed by atoms with Gasteiger partial charge < -0.3 is 5.11 Å². The molecule has 0 saturated carbocycles. The largest absolute Gasteiger partial charge is 0.504 e. The molecule has 0 saturated heterocycles. The highest BCUT2D eigenvalue weighted by molar-refractivity contribution is 9.10. The van der Waals surface area contributed by atoms with Gasteiger partial charge in [0.05, 0.1) is 10.0 Å². The van der Waals surface area contributed by atoms with E-state index in [1.807, 2.05) is 0 Å². The molecular weight excluding hydrogens is 227 g/mol. The number of carbonyl (C=O) groups excluding carboxylic acids is 1. The molecule has 4 heteroatoms. The molecule has 2 nitrogen and oxygen atoms in total. The molecule has 1 N–H and O–H groups in total. The third-order valence-electron chi connectivity index (χ3n) is 1.45. The summed E-state index contributed by atoms with van der Waals surface area (Å²) in [5, 5.41) is 9.12. The summed E-state index contributed by atoms with van der Waals surface area (Å²) in [6.07, 6.45) is 0. The molecule has 1 rings (SSSR count). The number of carbonyl (C=O) groups is 1. The summed E-state index contributed by atoms with van der Waals surface area (Å²) in [5.41, 5.74) is -0.00398. The predicted molar refractivity (Wildman–Crippen MR) is 45.8 cm³/mol. The monoisotopic (exact) mass is 232 g/mol. The second kappa shape index (κ2) is 3.23. The molecule has 0 aliphatic heterocycles. The molecule has 0 aromatic heterocycles. The molecule has 0 spiro atoms. The zero-order valence-corrected chi connectivity index (χ0v) is 7.85. The molecule has 0 atom stereocenters. The number of aromatic hydroxyl groups is 1. The summed E-state index contributed by atoms with van der Waals surface area (Å²) in [7, 11) is 0. The molecule has 0 heterocycles. The number of hydrogen-bond donors (Lipinski definition) is 1. The lowest BCUT2D eigenvalue weighted by atomic mass is 10.1. The van der Waals surface area contributed by atoms with Crippen LogP contribution in [0.3, 0.4) is 0 Å². The fourth-order valence-electron chi connectivity index (χ4n) is 0.824. The normalized spacial score (nSPS) is 9.92. The van der Waals surface area contributed by atoms with Gasteiger partial charge in [-0.05, 0) is 35.0 Å². The summed E-state index contributed by atoms with van der Waals surface area (Å²) in [6.45, 7) is 1.27. The van der Waals surface area contributed by atoms with Crippen molar-refractivity contribution < 1.29 is 14.3 Å². The van der Waals surface area contributed by atoms with Crippen LogP contribution in [0.25, 0.3) is 0 Å². The van der Waals surface area contributed by atoms with Crippen LogP contribution in [-0.2, 0) is 0 Å². The van der Waals surface area contributed by atoms with Gasteiger partial charge in [-0.1, -0.05) is 0 Å².